The van der Waals surface area contributed by atoms with Crippen molar-refractivity contribution >= 4 is 6.09 Å². The summed E-state index contributed by atoms with van der Waals surface area (Å²) in [6, 6.07) is 19.2. The number of hydrogen-bond acceptors (Lipinski definition) is 4. The number of benzene rings is 2. The number of halogens is 1. The number of nitrogens with one attached hydrogen (secondary N) is 1. The van der Waals surface area contributed by atoms with Crippen LogP contribution in [0, 0.1) is 5.92 Å². The number of amides is 1. The lowest BCUT2D eigenvalue weighted by Gasteiger charge is -2.41. The van der Waals surface area contributed by atoms with Gasteiger partial charge in [-0.2, -0.15) is 0 Å². The van der Waals surface area contributed by atoms with Gasteiger partial charge in [0, 0.05) is 5.92 Å². The number of carbonyl (C=O) groups is 1. The summed E-state index contributed by atoms with van der Waals surface area (Å²) in [5.74, 6) is -0.390. The molecule has 0 unspecified atom stereocenters. The van der Waals surface area contributed by atoms with Crippen LogP contribution in [-0.2, 0) is 27.4 Å². The molecule has 2 fully saturated rings. The predicted molar refractivity (Wildman–Crippen MR) is 101 cm³/mol. The number of hydrogen-bond donors (Lipinski definition) is 1. The van der Waals surface area contributed by atoms with Crippen molar-refractivity contribution in [2.75, 3.05) is 6.67 Å². The van der Waals surface area contributed by atoms with E-state index in [1.165, 1.54) is 0 Å². The molecule has 0 aromatic heterocycles. The van der Waals surface area contributed by atoms with Crippen LogP contribution in [0.1, 0.15) is 17.5 Å². The fourth-order valence-corrected chi connectivity index (χ4v) is 3.98. The molecular formula is C22H24FNO4. The van der Waals surface area contributed by atoms with Gasteiger partial charge in [-0.25, -0.2) is 4.79 Å². The molecule has 2 aromatic carbocycles. The smallest absolute Gasteiger partial charge is 0.407 e. The average molecular weight is 385 g/mol. The van der Waals surface area contributed by atoms with Gasteiger partial charge in [0.15, 0.2) is 0 Å². The van der Waals surface area contributed by atoms with E-state index in [-0.39, 0.29) is 6.04 Å². The minimum absolute atomic E-state index is 0.347. The monoisotopic (exact) mass is 385 g/mol. The van der Waals surface area contributed by atoms with E-state index in [0.717, 1.165) is 11.1 Å². The van der Waals surface area contributed by atoms with E-state index in [1.54, 1.807) is 0 Å². The van der Waals surface area contributed by atoms with Crippen LogP contribution in [0.15, 0.2) is 60.7 Å². The highest BCUT2D eigenvalue weighted by molar-refractivity contribution is 5.70. The normalized spacial score (nSPS) is 29.0. The predicted octanol–water partition coefficient (Wildman–Crippen LogP) is 3.62. The minimum atomic E-state index is -0.550. The zero-order chi connectivity index (χ0) is 19.3. The summed E-state index contributed by atoms with van der Waals surface area (Å²) in [6.07, 6.45) is -1.42. The molecule has 5 atom stereocenters. The molecule has 0 spiro atoms. The van der Waals surface area contributed by atoms with E-state index in [9.17, 15) is 9.18 Å². The summed E-state index contributed by atoms with van der Waals surface area (Å²) in [4.78, 5) is 11.8. The highest BCUT2D eigenvalue weighted by Gasteiger charge is 2.51. The van der Waals surface area contributed by atoms with Crippen LogP contribution in [0.5, 0.6) is 0 Å². The highest BCUT2D eigenvalue weighted by Crippen LogP contribution is 2.35. The summed E-state index contributed by atoms with van der Waals surface area (Å²) < 4.78 is 31.5. The Morgan fingerprint density at radius 2 is 1.50 bits per heavy atom. The lowest BCUT2D eigenvalue weighted by atomic mass is 9.80. The molecule has 0 bridgehead atoms. The molecule has 0 radical (unpaired) electrons. The summed E-state index contributed by atoms with van der Waals surface area (Å²) in [6.45, 7) is 0.166. The van der Waals surface area contributed by atoms with Gasteiger partial charge in [0.25, 0.3) is 0 Å². The van der Waals surface area contributed by atoms with Crippen molar-refractivity contribution in [3.63, 3.8) is 0 Å². The lowest BCUT2D eigenvalue weighted by Crippen LogP contribution is -2.58. The van der Waals surface area contributed by atoms with Crippen LogP contribution in [0.2, 0.25) is 0 Å². The van der Waals surface area contributed by atoms with E-state index in [1.807, 2.05) is 60.7 Å². The molecule has 1 saturated heterocycles. The Labute approximate surface area is 163 Å². The molecule has 1 amide bonds. The van der Waals surface area contributed by atoms with Crippen molar-refractivity contribution in [2.24, 2.45) is 5.92 Å². The zero-order valence-electron chi connectivity index (χ0n) is 15.5. The van der Waals surface area contributed by atoms with Crippen LogP contribution < -0.4 is 5.32 Å². The molecule has 5 nitrogen and oxygen atoms in total. The Hall–Kier alpha value is -2.44. The third-order valence-corrected chi connectivity index (χ3v) is 5.39. The third-order valence-electron chi connectivity index (χ3n) is 5.39. The zero-order valence-corrected chi connectivity index (χ0v) is 15.5. The quantitative estimate of drug-likeness (QED) is 0.791. The van der Waals surface area contributed by atoms with Crippen LogP contribution in [0.3, 0.4) is 0 Å². The summed E-state index contributed by atoms with van der Waals surface area (Å²) in [5, 5.41) is 2.83. The van der Waals surface area contributed by atoms with Crippen molar-refractivity contribution in [3.05, 3.63) is 71.8 Å². The molecule has 1 aliphatic heterocycles. The first kappa shape index (κ1) is 18.9. The van der Waals surface area contributed by atoms with E-state index in [4.69, 9.17) is 14.2 Å². The van der Waals surface area contributed by atoms with Gasteiger partial charge in [-0.3, -0.25) is 4.39 Å². The van der Waals surface area contributed by atoms with Gasteiger partial charge < -0.3 is 19.5 Å². The fraction of sp³-hybridized carbons (Fsp3) is 0.409. The van der Waals surface area contributed by atoms with Gasteiger partial charge in [-0.15, -0.1) is 0 Å². The summed E-state index contributed by atoms with van der Waals surface area (Å²) in [5.41, 5.74) is 2.02. The van der Waals surface area contributed by atoms with Gasteiger partial charge >= 0.3 is 6.09 Å². The van der Waals surface area contributed by atoms with E-state index in [2.05, 4.69) is 5.32 Å². The number of rotatable bonds is 7. The summed E-state index contributed by atoms with van der Waals surface area (Å²) in [7, 11) is 0. The molecule has 1 heterocycles. The van der Waals surface area contributed by atoms with E-state index >= 15 is 0 Å². The molecule has 148 valence electrons. The van der Waals surface area contributed by atoms with Gasteiger partial charge in [0.1, 0.15) is 12.2 Å². The molecule has 2 aromatic rings. The van der Waals surface area contributed by atoms with E-state index in [0.29, 0.717) is 19.6 Å². The van der Waals surface area contributed by atoms with Gasteiger partial charge in [-0.05, 0) is 17.5 Å². The Kier molecular flexibility index (Phi) is 5.88. The second-order valence-corrected chi connectivity index (χ2v) is 7.29. The maximum absolute atomic E-state index is 13.8. The Balaban J connectivity index is 1.52. The third kappa shape index (κ3) is 4.18. The first-order chi connectivity index (χ1) is 13.7. The van der Waals surface area contributed by atoms with Crippen molar-refractivity contribution in [1.29, 1.82) is 0 Å². The Morgan fingerprint density at radius 1 is 0.929 bits per heavy atom. The maximum atomic E-state index is 13.8. The average Bonchev–Trinajstić information content (AvgIpc) is 3.11. The molecule has 28 heavy (non-hydrogen) atoms. The topological polar surface area (TPSA) is 56.8 Å². The minimum Gasteiger partial charge on any atom is -0.444 e. The van der Waals surface area contributed by atoms with Gasteiger partial charge in [0.2, 0.25) is 0 Å². The van der Waals surface area contributed by atoms with Gasteiger partial charge in [0.05, 0.1) is 32.0 Å². The van der Waals surface area contributed by atoms with Gasteiger partial charge in [-0.1, -0.05) is 60.7 Å². The Bertz CT molecular complexity index is 773. The molecule has 1 saturated carbocycles. The number of fused-ring (bicyclic) bond motifs is 1. The van der Waals surface area contributed by atoms with Crippen LogP contribution in [0.4, 0.5) is 9.18 Å². The first-order valence-corrected chi connectivity index (χ1v) is 9.59. The standard InChI is InChI=1S/C22H24FNO4/c23-12-17-11-18-19(24-22(25)28-18)21(27-14-16-9-5-2-6-10-16)20(17)26-13-15-7-3-1-4-8-15/h1-10,17-21H,11-14H2,(H,24,25)/t17-,18+,19+,20-,21-/m1/s1. The molecule has 1 aliphatic carbocycles. The van der Waals surface area contributed by atoms with Crippen molar-refractivity contribution in [1.82, 2.24) is 5.32 Å². The number of carbonyl (C=O) groups excluding carboxylic acids is 1. The fourth-order valence-electron chi connectivity index (χ4n) is 3.98. The van der Waals surface area contributed by atoms with Crippen LogP contribution in [-0.4, -0.2) is 37.1 Å². The first-order valence-electron chi connectivity index (χ1n) is 9.59. The van der Waals surface area contributed by atoms with Crippen molar-refractivity contribution in [2.45, 2.75) is 44.0 Å². The second kappa shape index (κ2) is 8.71. The number of ether oxygens (including phenoxy) is 3. The van der Waals surface area contributed by atoms with E-state index < -0.39 is 37.0 Å². The maximum Gasteiger partial charge on any atom is 0.407 e. The second-order valence-electron chi connectivity index (χ2n) is 7.29. The number of alkyl halides is 1. The summed E-state index contributed by atoms with van der Waals surface area (Å²) >= 11 is 0. The molecule has 1 N–H and O–H groups in total. The van der Waals surface area contributed by atoms with Crippen molar-refractivity contribution < 1.29 is 23.4 Å². The molecule has 6 heteroatoms. The lowest BCUT2D eigenvalue weighted by molar-refractivity contribution is -0.154. The number of alkyl carbamates (subject to hydrolysis) is 1. The van der Waals surface area contributed by atoms with Crippen LogP contribution in [0.25, 0.3) is 0 Å². The molecule has 2 aliphatic rings. The molecule has 4 rings (SSSR count). The SMILES string of the molecule is O=C1N[C@@H]2[C@@H](OCc3ccccc3)[C@H](OCc3ccccc3)[C@@H](CF)C[C@@H]2O1. The van der Waals surface area contributed by atoms with Crippen LogP contribution >= 0.6 is 0 Å². The molecular weight excluding hydrogens is 361 g/mol. The Morgan fingerprint density at radius 3 is 2.07 bits per heavy atom. The van der Waals surface area contributed by atoms with Crippen molar-refractivity contribution in [3.8, 4) is 0 Å². The largest absolute Gasteiger partial charge is 0.444 e. The highest BCUT2D eigenvalue weighted by atomic mass is 19.1.